The Morgan fingerprint density at radius 2 is 2.50 bits per heavy atom. The predicted octanol–water partition coefficient (Wildman–Crippen LogP) is 1.20. The van der Waals surface area contributed by atoms with Gasteiger partial charge in [-0.3, -0.25) is 0 Å². The highest BCUT2D eigenvalue weighted by Crippen LogP contribution is 2.22. The van der Waals surface area contributed by atoms with Crippen LogP contribution in [0.15, 0.2) is 4.52 Å². The fourth-order valence-corrected chi connectivity index (χ4v) is 1.55. The summed E-state index contributed by atoms with van der Waals surface area (Å²) in [6.07, 6.45) is 2.14. The number of hydrogen-bond donors (Lipinski definition) is 1. The maximum absolute atomic E-state index is 5.17. The molecular weight excluding hydrogens is 182 g/mol. The third kappa shape index (κ3) is 1.78. The van der Waals surface area contributed by atoms with Gasteiger partial charge in [0.15, 0.2) is 5.82 Å². The zero-order valence-corrected chi connectivity index (χ0v) is 8.49. The standard InChI is InChI=1S/C9H15N3O2/c1-6(13-2)8-11-9(14-12-8)7-4-3-5-10-7/h6-7,10H,3-5H2,1-2H3. The number of nitrogens with zero attached hydrogens (tertiary/aromatic N) is 2. The molecule has 2 heterocycles. The Morgan fingerprint density at radius 3 is 3.14 bits per heavy atom. The molecule has 1 saturated heterocycles. The van der Waals surface area contributed by atoms with E-state index in [4.69, 9.17) is 9.26 Å². The highest BCUT2D eigenvalue weighted by Gasteiger charge is 2.23. The fourth-order valence-electron chi connectivity index (χ4n) is 1.55. The maximum atomic E-state index is 5.17. The first-order chi connectivity index (χ1) is 6.81. The molecule has 1 aliphatic heterocycles. The average Bonchev–Trinajstić information content (AvgIpc) is 2.86. The molecule has 0 bridgehead atoms. The van der Waals surface area contributed by atoms with Crippen molar-refractivity contribution in [3.05, 3.63) is 11.7 Å². The third-order valence-electron chi connectivity index (χ3n) is 2.53. The van der Waals surface area contributed by atoms with Crippen LogP contribution < -0.4 is 5.32 Å². The molecule has 78 valence electrons. The SMILES string of the molecule is COC(C)c1noc(C2CCCN2)n1. The molecule has 0 aromatic carbocycles. The minimum absolute atomic E-state index is 0.103. The molecule has 14 heavy (non-hydrogen) atoms. The Hall–Kier alpha value is -0.940. The zero-order valence-electron chi connectivity index (χ0n) is 8.49. The van der Waals surface area contributed by atoms with E-state index >= 15 is 0 Å². The zero-order chi connectivity index (χ0) is 9.97. The summed E-state index contributed by atoms with van der Waals surface area (Å²) in [6, 6.07) is 0.236. The van der Waals surface area contributed by atoms with Crippen molar-refractivity contribution in [2.24, 2.45) is 0 Å². The molecule has 1 fully saturated rings. The van der Waals surface area contributed by atoms with Gasteiger partial charge in [-0.2, -0.15) is 4.98 Å². The van der Waals surface area contributed by atoms with E-state index in [0.29, 0.717) is 11.7 Å². The van der Waals surface area contributed by atoms with Gasteiger partial charge in [0, 0.05) is 7.11 Å². The lowest BCUT2D eigenvalue weighted by Crippen LogP contribution is -2.13. The first-order valence-corrected chi connectivity index (χ1v) is 4.91. The molecule has 0 aliphatic carbocycles. The highest BCUT2D eigenvalue weighted by atomic mass is 16.5. The van der Waals surface area contributed by atoms with Crippen LogP contribution in [0.3, 0.4) is 0 Å². The number of aromatic nitrogens is 2. The molecule has 2 rings (SSSR count). The molecule has 1 N–H and O–H groups in total. The van der Waals surface area contributed by atoms with Crippen LogP contribution in [0.25, 0.3) is 0 Å². The summed E-state index contributed by atoms with van der Waals surface area (Å²) >= 11 is 0. The summed E-state index contributed by atoms with van der Waals surface area (Å²) in [5.74, 6) is 1.30. The maximum Gasteiger partial charge on any atom is 0.243 e. The molecule has 5 nitrogen and oxygen atoms in total. The normalized spacial score (nSPS) is 24.0. The van der Waals surface area contributed by atoms with Crippen molar-refractivity contribution in [1.29, 1.82) is 0 Å². The first-order valence-electron chi connectivity index (χ1n) is 4.91. The number of methoxy groups -OCH3 is 1. The summed E-state index contributed by atoms with van der Waals surface area (Å²) in [4.78, 5) is 4.30. The van der Waals surface area contributed by atoms with Gasteiger partial charge >= 0.3 is 0 Å². The molecule has 1 aromatic rings. The van der Waals surface area contributed by atoms with E-state index in [2.05, 4.69) is 15.5 Å². The first kappa shape index (κ1) is 9.61. The minimum Gasteiger partial charge on any atom is -0.374 e. The van der Waals surface area contributed by atoms with Gasteiger partial charge in [-0.05, 0) is 26.3 Å². The Labute approximate surface area is 82.8 Å². The Bertz CT molecular complexity index is 294. The second kappa shape index (κ2) is 4.06. The highest BCUT2D eigenvalue weighted by molar-refractivity contribution is 4.96. The van der Waals surface area contributed by atoms with Gasteiger partial charge in [-0.25, -0.2) is 0 Å². The van der Waals surface area contributed by atoms with Gasteiger partial charge in [0.1, 0.15) is 6.10 Å². The molecule has 1 aliphatic rings. The monoisotopic (exact) mass is 197 g/mol. The number of rotatable bonds is 3. The van der Waals surface area contributed by atoms with Crippen LogP contribution in [-0.4, -0.2) is 23.8 Å². The largest absolute Gasteiger partial charge is 0.374 e. The average molecular weight is 197 g/mol. The van der Waals surface area contributed by atoms with Crippen molar-refractivity contribution in [2.75, 3.05) is 13.7 Å². The van der Waals surface area contributed by atoms with Crippen molar-refractivity contribution in [3.8, 4) is 0 Å². The van der Waals surface area contributed by atoms with E-state index in [0.717, 1.165) is 13.0 Å². The molecule has 0 spiro atoms. The van der Waals surface area contributed by atoms with Crippen LogP contribution in [0, 0.1) is 0 Å². The van der Waals surface area contributed by atoms with Crippen LogP contribution in [0.4, 0.5) is 0 Å². The van der Waals surface area contributed by atoms with Crippen molar-refractivity contribution in [2.45, 2.75) is 31.9 Å². The van der Waals surface area contributed by atoms with E-state index < -0.39 is 0 Å². The molecule has 0 amide bonds. The molecule has 2 atom stereocenters. The van der Waals surface area contributed by atoms with Crippen molar-refractivity contribution in [1.82, 2.24) is 15.5 Å². The lowest BCUT2D eigenvalue weighted by Gasteiger charge is -2.03. The third-order valence-corrected chi connectivity index (χ3v) is 2.53. The fraction of sp³-hybridized carbons (Fsp3) is 0.778. The second-order valence-electron chi connectivity index (χ2n) is 3.52. The molecule has 2 unspecified atom stereocenters. The van der Waals surface area contributed by atoms with E-state index in [9.17, 15) is 0 Å². The van der Waals surface area contributed by atoms with E-state index in [1.165, 1.54) is 6.42 Å². The van der Waals surface area contributed by atoms with Crippen LogP contribution in [0.1, 0.15) is 43.6 Å². The van der Waals surface area contributed by atoms with Gasteiger partial charge in [-0.15, -0.1) is 0 Å². The van der Waals surface area contributed by atoms with Crippen LogP contribution in [0.2, 0.25) is 0 Å². The number of nitrogens with one attached hydrogen (secondary N) is 1. The van der Waals surface area contributed by atoms with Gasteiger partial charge in [-0.1, -0.05) is 5.16 Å². The molecule has 0 saturated carbocycles. The summed E-state index contributed by atoms with van der Waals surface area (Å²) < 4.78 is 10.3. The smallest absolute Gasteiger partial charge is 0.243 e. The predicted molar refractivity (Wildman–Crippen MR) is 49.7 cm³/mol. The van der Waals surface area contributed by atoms with Crippen LogP contribution in [-0.2, 0) is 4.74 Å². The topological polar surface area (TPSA) is 60.2 Å². The van der Waals surface area contributed by atoms with E-state index in [-0.39, 0.29) is 12.1 Å². The Balaban J connectivity index is 2.08. The quantitative estimate of drug-likeness (QED) is 0.789. The van der Waals surface area contributed by atoms with Gasteiger partial charge in [0.25, 0.3) is 0 Å². The lowest BCUT2D eigenvalue weighted by molar-refractivity contribution is 0.109. The summed E-state index contributed by atoms with van der Waals surface area (Å²) in [5, 5.41) is 7.19. The van der Waals surface area contributed by atoms with Gasteiger partial charge in [0.05, 0.1) is 6.04 Å². The Morgan fingerprint density at radius 1 is 1.64 bits per heavy atom. The number of hydrogen-bond acceptors (Lipinski definition) is 5. The minimum atomic E-state index is -0.103. The second-order valence-corrected chi connectivity index (χ2v) is 3.52. The summed E-state index contributed by atoms with van der Waals surface area (Å²) in [7, 11) is 1.63. The van der Waals surface area contributed by atoms with E-state index in [1.807, 2.05) is 6.92 Å². The van der Waals surface area contributed by atoms with Crippen LogP contribution in [0.5, 0.6) is 0 Å². The van der Waals surface area contributed by atoms with Gasteiger partial charge < -0.3 is 14.6 Å². The van der Waals surface area contributed by atoms with Crippen molar-refractivity contribution >= 4 is 0 Å². The molecule has 5 heteroatoms. The summed E-state index contributed by atoms with van der Waals surface area (Å²) in [6.45, 7) is 2.93. The lowest BCUT2D eigenvalue weighted by atomic mass is 10.2. The Kier molecular flexibility index (Phi) is 2.79. The summed E-state index contributed by atoms with van der Waals surface area (Å²) in [5.41, 5.74) is 0. The van der Waals surface area contributed by atoms with Crippen molar-refractivity contribution < 1.29 is 9.26 Å². The van der Waals surface area contributed by atoms with E-state index in [1.54, 1.807) is 7.11 Å². The number of ether oxygens (including phenoxy) is 1. The van der Waals surface area contributed by atoms with Gasteiger partial charge in [0.2, 0.25) is 5.89 Å². The molecule has 1 aromatic heterocycles. The van der Waals surface area contributed by atoms with Crippen LogP contribution >= 0.6 is 0 Å². The van der Waals surface area contributed by atoms with Crippen molar-refractivity contribution in [3.63, 3.8) is 0 Å². The molecule has 0 radical (unpaired) electrons. The molecular formula is C9H15N3O2.